The van der Waals surface area contributed by atoms with Crippen molar-refractivity contribution in [2.75, 3.05) is 19.6 Å². The molecule has 1 aliphatic rings. The number of unbranched alkanes of at least 4 members (excludes halogenated alkanes) is 1. The Morgan fingerprint density at radius 1 is 0.968 bits per heavy atom. The smallest absolute Gasteiger partial charge is 0.290 e. The summed E-state index contributed by atoms with van der Waals surface area (Å²) in [5, 5.41) is 4.45. The highest BCUT2D eigenvalue weighted by molar-refractivity contribution is 6.42. The summed E-state index contributed by atoms with van der Waals surface area (Å²) in [4.78, 5) is 38.4. The quantitative estimate of drug-likeness (QED) is 0.329. The standard InChI is InChI=1S/C23H23Cl3N2O3/c24-17-6-3-5-16(12-17)9-11-28-14-18(21(29)23(28)31)22(30)27-10-2-1-4-15-7-8-19(25)20(26)13-15/h3,5-8,12-13,18H,1-2,4,9-11,14H2,(H,27,30). The molecular weight excluding hydrogens is 459 g/mol. The lowest BCUT2D eigenvalue weighted by Crippen LogP contribution is -2.36. The lowest BCUT2D eigenvalue weighted by molar-refractivity contribution is -0.142. The largest absolute Gasteiger partial charge is 0.355 e. The van der Waals surface area contributed by atoms with Crippen LogP contribution < -0.4 is 5.32 Å². The molecule has 1 N–H and O–H groups in total. The Balaban J connectivity index is 1.41. The molecule has 0 bridgehead atoms. The third-order valence-corrected chi connectivity index (χ3v) is 6.24. The van der Waals surface area contributed by atoms with Gasteiger partial charge >= 0.3 is 0 Å². The van der Waals surface area contributed by atoms with Crippen molar-refractivity contribution in [1.82, 2.24) is 10.2 Å². The maximum atomic E-state index is 12.4. The van der Waals surface area contributed by atoms with Gasteiger partial charge in [-0.25, -0.2) is 0 Å². The van der Waals surface area contributed by atoms with Crippen molar-refractivity contribution >= 4 is 52.4 Å². The highest BCUT2D eigenvalue weighted by atomic mass is 35.5. The van der Waals surface area contributed by atoms with Crippen LogP contribution in [0.2, 0.25) is 15.1 Å². The van der Waals surface area contributed by atoms with Gasteiger partial charge < -0.3 is 10.2 Å². The Morgan fingerprint density at radius 3 is 2.48 bits per heavy atom. The summed E-state index contributed by atoms with van der Waals surface area (Å²) in [5.41, 5.74) is 2.05. The summed E-state index contributed by atoms with van der Waals surface area (Å²) in [6.07, 6.45) is 2.98. The molecule has 1 fully saturated rings. The molecule has 2 aromatic rings. The van der Waals surface area contributed by atoms with Crippen molar-refractivity contribution in [2.45, 2.75) is 25.7 Å². The average molecular weight is 482 g/mol. The number of amides is 2. The van der Waals surface area contributed by atoms with E-state index in [4.69, 9.17) is 34.8 Å². The Kier molecular flexibility index (Phi) is 8.35. The van der Waals surface area contributed by atoms with Crippen molar-refractivity contribution in [1.29, 1.82) is 0 Å². The number of halogens is 3. The molecule has 5 nitrogen and oxygen atoms in total. The summed E-state index contributed by atoms with van der Waals surface area (Å²) in [5.74, 6) is -2.57. The number of likely N-dealkylation sites (tertiary alicyclic amines) is 1. The molecule has 1 unspecified atom stereocenters. The van der Waals surface area contributed by atoms with E-state index in [2.05, 4.69) is 5.32 Å². The van der Waals surface area contributed by atoms with Gasteiger partial charge in [-0.05, 0) is 61.1 Å². The molecule has 0 aliphatic carbocycles. The number of ketones is 1. The SMILES string of the molecule is O=C(NCCCCc1ccc(Cl)c(Cl)c1)C1CN(CCc2cccc(Cl)c2)C(=O)C1=O. The van der Waals surface area contributed by atoms with E-state index in [-0.39, 0.29) is 6.54 Å². The van der Waals surface area contributed by atoms with Gasteiger partial charge in [-0.1, -0.05) is 53.0 Å². The monoisotopic (exact) mass is 480 g/mol. The number of hydrogen-bond donors (Lipinski definition) is 1. The van der Waals surface area contributed by atoms with Gasteiger partial charge in [0.25, 0.3) is 5.91 Å². The zero-order valence-corrected chi connectivity index (χ0v) is 19.1. The molecule has 31 heavy (non-hydrogen) atoms. The van der Waals surface area contributed by atoms with Gasteiger partial charge in [-0.3, -0.25) is 14.4 Å². The second-order valence-corrected chi connectivity index (χ2v) is 8.80. The highest BCUT2D eigenvalue weighted by Crippen LogP contribution is 2.23. The minimum atomic E-state index is -0.943. The Labute approximate surface area is 196 Å². The predicted molar refractivity (Wildman–Crippen MR) is 123 cm³/mol. The molecule has 8 heteroatoms. The van der Waals surface area contributed by atoms with Crippen LogP contribution in [0.5, 0.6) is 0 Å². The number of carbonyl (C=O) groups excluding carboxylic acids is 3. The summed E-state index contributed by atoms with van der Waals surface area (Å²) < 4.78 is 0. The Hall–Kier alpha value is -2.08. The van der Waals surface area contributed by atoms with Crippen LogP contribution in [0, 0.1) is 5.92 Å². The van der Waals surface area contributed by atoms with Crippen molar-refractivity contribution in [3.05, 3.63) is 68.7 Å². The second-order valence-electron chi connectivity index (χ2n) is 7.54. The molecule has 0 spiro atoms. The first kappa shape index (κ1) is 23.6. The normalized spacial score (nSPS) is 16.1. The van der Waals surface area contributed by atoms with E-state index < -0.39 is 23.5 Å². The van der Waals surface area contributed by atoms with E-state index in [0.29, 0.717) is 34.6 Å². The molecule has 1 atom stereocenters. The maximum absolute atomic E-state index is 12.4. The molecule has 0 saturated carbocycles. The minimum absolute atomic E-state index is 0.118. The van der Waals surface area contributed by atoms with E-state index in [1.807, 2.05) is 30.3 Å². The number of nitrogens with one attached hydrogen (secondary N) is 1. The molecule has 0 aromatic heterocycles. The Morgan fingerprint density at radius 2 is 1.74 bits per heavy atom. The van der Waals surface area contributed by atoms with Crippen molar-refractivity contribution < 1.29 is 14.4 Å². The minimum Gasteiger partial charge on any atom is -0.355 e. The van der Waals surface area contributed by atoms with Gasteiger partial charge in [0.15, 0.2) is 0 Å². The van der Waals surface area contributed by atoms with Crippen LogP contribution in [-0.4, -0.2) is 42.1 Å². The second kappa shape index (κ2) is 11.0. The third-order valence-electron chi connectivity index (χ3n) is 5.27. The maximum Gasteiger partial charge on any atom is 0.290 e. The zero-order chi connectivity index (χ0) is 22.4. The fourth-order valence-electron chi connectivity index (χ4n) is 3.53. The summed E-state index contributed by atoms with van der Waals surface area (Å²) in [6.45, 7) is 0.937. The van der Waals surface area contributed by atoms with Crippen LogP contribution >= 0.6 is 34.8 Å². The van der Waals surface area contributed by atoms with Gasteiger partial charge in [-0.2, -0.15) is 0 Å². The topological polar surface area (TPSA) is 66.5 Å². The fourth-order valence-corrected chi connectivity index (χ4v) is 4.06. The van der Waals surface area contributed by atoms with E-state index in [9.17, 15) is 14.4 Å². The molecule has 1 saturated heterocycles. The Bertz CT molecular complexity index is 980. The number of hydrogen-bond acceptors (Lipinski definition) is 3. The van der Waals surface area contributed by atoms with Gasteiger partial charge in [0.1, 0.15) is 5.92 Å². The van der Waals surface area contributed by atoms with Crippen molar-refractivity contribution in [3.63, 3.8) is 0 Å². The number of Topliss-reactive ketones (excluding diaryl/α,β-unsaturated/α-hetero) is 1. The van der Waals surface area contributed by atoms with Crippen LogP contribution in [0.4, 0.5) is 0 Å². The predicted octanol–water partition coefficient (Wildman–Crippen LogP) is 4.36. The number of carbonyl (C=O) groups is 3. The first-order chi connectivity index (χ1) is 14.8. The molecule has 1 heterocycles. The highest BCUT2D eigenvalue weighted by Gasteiger charge is 2.42. The molecule has 2 aromatic carbocycles. The summed E-state index contributed by atoms with van der Waals surface area (Å²) >= 11 is 17.9. The lowest BCUT2D eigenvalue weighted by atomic mass is 10.1. The van der Waals surface area contributed by atoms with Gasteiger partial charge in [0.2, 0.25) is 11.7 Å². The fraction of sp³-hybridized carbons (Fsp3) is 0.348. The number of aryl methyl sites for hydroxylation is 1. The zero-order valence-electron chi connectivity index (χ0n) is 16.9. The molecular formula is C23H23Cl3N2O3. The van der Waals surface area contributed by atoms with E-state index >= 15 is 0 Å². The van der Waals surface area contributed by atoms with Crippen molar-refractivity contribution in [3.8, 4) is 0 Å². The molecule has 0 radical (unpaired) electrons. The number of rotatable bonds is 9. The van der Waals surface area contributed by atoms with E-state index in [1.54, 1.807) is 12.1 Å². The van der Waals surface area contributed by atoms with Crippen LogP contribution in [0.1, 0.15) is 24.0 Å². The first-order valence-corrected chi connectivity index (χ1v) is 11.3. The molecule has 1 aliphatic heterocycles. The van der Waals surface area contributed by atoms with Crippen molar-refractivity contribution in [2.24, 2.45) is 5.92 Å². The van der Waals surface area contributed by atoms with Crippen LogP contribution in [0.25, 0.3) is 0 Å². The van der Waals surface area contributed by atoms with Gasteiger partial charge in [0, 0.05) is 24.7 Å². The first-order valence-electron chi connectivity index (χ1n) is 10.1. The van der Waals surface area contributed by atoms with Crippen LogP contribution in [-0.2, 0) is 27.2 Å². The van der Waals surface area contributed by atoms with Gasteiger partial charge in [0.05, 0.1) is 10.0 Å². The number of nitrogens with zero attached hydrogens (tertiary/aromatic N) is 1. The number of benzene rings is 2. The van der Waals surface area contributed by atoms with Gasteiger partial charge in [-0.15, -0.1) is 0 Å². The summed E-state index contributed by atoms with van der Waals surface area (Å²) in [6, 6.07) is 12.9. The third kappa shape index (κ3) is 6.45. The average Bonchev–Trinajstić information content (AvgIpc) is 3.03. The van der Waals surface area contributed by atoms with Crippen LogP contribution in [0.15, 0.2) is 42.5 Å². The van der Waals surface area contributed by atoms with E-state index in [0.717, 1.165) is 30.4 Å². The van der Waals surface area contributed by atoms with E-state index in [1.165, 1.54) is 4.90 Å². The summed E-state index contributed by atoms with van der Waals surface area (Å²) in [7, 11) is 0. The molecule has 164 valence electrons. The molecule has 3 rings (SSSR count). The van der Waals surface area contributed by atoms with Crippen LogP contribution in [0.3, 0.4) is 0 Å². The molecule has 2 amide bonds. The lowest BCUT2D eigenvalue weighted by Gasteiger charge is -2.15.